The van der Waals surface area contributed by atoms with Gasteiger partial charge in [0, 0.05) is 12.8 Å². The predicted octanol–water partition coefficient (Wildman–Crippen LogP) is 4.00. The minimum absolute atomic E-state index is 0.113. The maximum atomic E-state index is 12.4. The second-order valence-electron chi connectivity index (χ2n) is 10.9. The summed E-state index contributed by atoms with van der Waals surface area (Å²) in [6.07, 6.45) is 9.32. The number of rotatable bonds is 27. The molecule has 0 unspecified atom stereocenters. The Kier molecular flexibility index (Phi) is 23.5. The van der Waals surface area contributed by atoms with E-state index in [0.29, 0.717) is 12.8 Å². The highest BCUT2D eigenvalue weighted by atomic mass is 16.8. The van der Waals surface area contributed by atoms with E-state index in [2.05, 4.69) is 13.8 Å². The van der Waals surface area contributed by atoms with E-state index in [-0.39, 0.29) is 12.8 Å². The van der Waals surface area contributed by atoms with Crippen LogP contribution in [0, 0.1) is 0 Å². The Labute approximate surface area is 241 Å². The van der Waals surface area contributed by atoms with Gasteiger partial charge in [-0.05, 0) is 12.8 Å². The smallest absolute Gasteiger partial charge is 0.396 e. The Morgan fingerprint density at radius 2 is 0.900 bits per heavy atom. The fourth-order valence-electron chi connectivity index (χ4n) is 4.47. The van der Waals surface area contributed by atoms with Crippen LogP contribution in [0.5, 0.6) is 0 Å². The molecular weight excluding hydrogens is 520 g/mol. The predicted molar refractivity (Wildman–Crippen MR) is 152 cm³/mol. The topological polar surface area (TPSA) is 174 Å². The second kappa shape index (κ2) is 24.3. The van der Waals surface area contributed by atoms with Gasteiger partial charge in [-0.2, -0.15) is 0 Å². The first-order chi connectivity index (χ1) is 19.1. The van der Waals surface area contributed by atoms with Crippen molar-refractivity contribution < 1.29 is 49.7 Å². The molecule has 0 bridgehead atoms. The van der Waals surface area contributed by atoms with E-state index >= 15 is 0 Å². The van der Waals surface area contributed by atoms with Crippen molar-refractivity contribution in [2.24, 2.45) is 0 Å². The van der Waals surface area contributed by atoms with Crippen LogP contribution in [0.1, 0.15) is 142 Å². The third-order valence-electron chi connectivity index (χ3n) is 7.12. The molecule has 0 aromatic rings. The summed E-state index contributed by atoms with van der Waals surface area (Å²) in [5, 5.41) is 60.1. The number of carbonyl (C=O) groups is 2. The summed E-state index contributed by atoms with van der Waals surface area (Å²) in [6.45, 7) is 3.39. The van der Waals surface area contributed by atoms with E-state index in [1.807, 2.05) is 0 Å². The average Bonchev–Trinajstić information content (AvgIpc) is 2.93. The Hall–Kier alpha value is -1.30. The van der Waals surface area contributed by atoms with E-state index in [4.69, 9.17) is 14.6 Å². The van der Waals surface area contributed by atoms with Gasteiger partial charge in [0.15, 0.2) is 6.10 Å². The van der Waals surface area contributed by atoms with Gasteiger partial charge in [0.2, 0.25) is 0 Å². The van der Waals surface area contributed by atoms with Crippen molar-refractivity contribution in [3.05, 3.63) is 0 Å². The van der Waals surface area contributed by atoms with Crippen LogP contribution < -0.4 is 0 Å². The van der Waals surface area contributed by atoms with Gasteiger partial charge in [-0.1, -0.05) is 117 Å². The summed E-state index contributed by atoms with van der Waals surface area (Å²) < 4.78 is 9.85. The molecule has 0 saturated heterocycles. The summed E-state index contributed by atoms with van der Waals surface area (Å²) >= 11 is 0. The highest BCUT2D eigenvalue weighted by Gasteiger charge is 2.51. The number of carbonyl (C=O) groups excluding carboxylic acids is 2. The molecule has 0 amide bonds. The van der Waals surface area contributed by atoms with Gasteiger partial charge in [0.25, 0.3) is 0 Å². The molecule has 0 aromatic carbocycles. The zero-order valence-corrected chi connectivity index (χ0v) is 25.0. The van der Waals surface area contributed by atoms with Crippen molar-refractivity contribution >= 4 is 11.9 Å². The van der Waals surface area contributed by atoms with E-state index < -0.39 is 48.9 Å². The van der Waals surface area contributed by atoms with Crippen molar-refractivity contribution in [1.29, 1.82) is 0 Å². The minimum atomic E-state index is -3.28. The fraction of sp³-hybridized carbons (Fsp3) is 0.933. The van der Waals surface area contributed by atoms with Crippen LogP contribution in [0.4, 0.5) is 0 Å². The Bertz CT molecular complexity index is 594. The summed E-state index contributed by atoms with van der Waals surface area (Å²) in [5.41, 5.74) is 0. The molecule has 10 heteroatoms. The number of hydrogen-bond acceptors (Lipinski definition) is 10. The van der Waals surface area contributed by atoms with Crippen LogP contribution in [-0.4, -0.2) is 79.6 Å². The first kappa shape index (κ1) is 38.7. The van der Waals surface area contributed by atoms with Gasteiger partial charge in [0.1, 0.15) is 18.3 Å². The molecule has 4 atom stereocenters. The van der Waals surface area contributed by atoms with Gasteiger partial charge >= 0.3 is 17.9 Å². The van der Waals surface area contributed by atoms with E-state index in [9.17, 15) is 35.1 Å². The molecule has 0 aromatic heterocycles. The SMILES string of the molecule is CCCCCCCCCCCC(=O)OC(O)(OC(=O)CCCCCCCCCCC)[C@H](O)[C@H](O)[C@H](O)[C@H](O)CO. The monoisotopic (exact) mass is 578 g/mol. The Balaban J connectivity index is 4.82. The molecule has 0 fully saturated rings. The summed E-state index contributed by atoms with van der Waals surface area (Å²) in [4.78, 5) is 24.9. The van der Waals surface area contributed by atoms with Gasteiger partial charge in [-0.25, -0.2) is 0 Å². The molecule has 0 spiro atoms. The maximum Gasteiger partial charge on any atom is 0.403 e. The number of aliphatic hydroxyl groups is 6. The zero-order valence-electron chi connectivity index (χ0n) is 25.0. The molecule has 10 nitrogen and oxygen atoms in total. The first-order valence-corrected chi connectivity index (χ1v) is 15.6. The Morgan fingerprint density at radius 1 is 0.575 bits per heavy atom. The average molecular weight is 579 g/mol. The van der Waals surface area contributed by atoms with Crippen molar-refractivity contribution in [2.45, 2.75) is 173 Å². The molecule has 0 radical (unpaired) electrons. The zero-order chi connectivity index (χ0) is 30.2. The first-order valence-electron chi connectivity index (χ1n) is 15.6. The molecule has 0 aliphatic carbocycles. The van der Waals surface area contributed by atoms with Crippen LogP contribution in [0.2, 0.25) is 0 Å². The molecule has 6 N–H and O–H groups in total. The minimum Gasteiger partial charge on any atom is -0.396 e. The Morgan fingerprint density at radius 3 is 1.23 bits per heavy atom. The third kappa shape index (κ3) is 18.2. The number of unbranched alkanes of at least 4 members (excludes halogenated alkanes) is 16. The quantitative estimate of drug-likeness (QED) is 0.0475. The molecule has 0 saturated carbocycles. The van der Waals surface area contributed by atoms with Crippen molar-refractivity contribution in [2.75, 3.05) is 6.61 Å². The van der Waals surface area contributed by atoms with Crippen LogP contribution in [0.3, 0.4) is 0 Å². The van der Waals surface area contributed by atoms with Crippen molar-refractivity contribution in [3.8, 4) is 0 Å². The van der Waals surface area contributed by atoms with Crippen molar-refractivity contribution in [3.63, 3.8) is 0 Å². The van der Waals surface area contributed by atoms with Gasteiger partial charge in [-0.15, -0.1) is 0 Å². The summed E-state index contributed by atoms with van der Waals surface area (Å²) in [5.74, 6) is -5.18. The second-order valence-corrected chi connectivity index (χ2v) is 10.9. The molecule has 0 rings (SSSR count). The van der Waals surface area contributed by atoms with Crippen LogP contribution in [-0.2, 0) is 19.1 Å². The molecular formula is C30H58O10. The molecule has 238 valence electrons. The number of hydrogen-bond donors (Lipinski definition) is 6. The number of ether oxygens (including phenoxy) is 2. The maximum absolute atomic E-state index is 12.4. The standard InChI is InChI=1S/C30H58O10/c1-3-5-7-9-11-13-15-17-19-21-25(33)39-30(38,29(37)28(36)27(35)24(32)23-31)40-26(34)22-20-18-16-14-12-10-8-6-4-2/h24,27-29,31-32,35-38H,3-23H2,1-2H3/t24-,27-,28-,29-/m1/s1. The highest BCUT2D eigenvalue weighted by Crippen LogP contribution is 2.24. The largest absolute Gasteiger partial charge is 0.403 e. The number of aliphatic hydroxyl groups excluding tert-OH is 5. The summed E-state index contributed by atoms with van der Waals surface area (Å²) in [6, 6.07) is 0. The van der Waals surface area contributed by atoms with E-state index in [1.54, 1.807) is 0 Å². The molecule has 40 heavy (non-hydrogen) atoms. The van der Waals surface area contributed by atoms with Crippen LogP contribution in [0.25, 0.3) is 0 Å². The lowest BCUT2D eigenvalue weighted by atomic mass is 10.0. The van der Waals surface area contributed by atoms with Crippen LogP contribution in [0.15, 0.2) is 0 Å². The van der Waals surface area contributed by atoms with Gasteiger partial charge < -0.3 is 40.1 Å². The molecule has 0 heterocycles. The lowest BCUT2D eigenvalue weighted by Gasteiger charge is -2.35. The summed E-state index contributed by atoms with van der Waals surface area (Å²) in [7, 11) is 0. The van der Waals surface area contributed by atoms with E-state index in [0.717, 1.165) is 51.4 Å². The fourth-order valence-corrected chi connectivity index (χ4v) is 4.47. The van der Waals surface area contributed by atoms with Crippen LogP contribution >= 0.6 is 0 Å². The van der Waals surface area contributed by atoms with Gasteiger partial charge in [-0.3, -0.25) is 9.59 Å². The lowest BCUT2D eigenvalue weighted by molar-refractivity contribution is -0.375. The van der Waals surface area contributed by atoms with Crippen molar-refractivity contribution in [1.82, 2.24) is 0 Å². The lowest BCUT2D eigenvalue weighted by Crippen LogP contribution is -2.59. The highest BCUT2D eigenvalue weighted by molar-refractivity contribution is 5.71. The van der Waals surface area contributed by atoms with E-state index in [1.165, 1.54) is 51.4 Å². The van der Waals surface area contributed by atoms with Gasteiger partial charge in [0.05, 0.1) is 6.61 Å². The number of esters is 2. The molecule has 0 aliphatic heterocycles. The third-order valence-corrected chi connectivity index (χ3v) is 7.12. The molecule has 0 aliphatic rings. The normalized spacial score (nSPS) is 14.9.